The summed E-state index contributed by atoms with van der Waals surface area (Å²) in [4.78, 5) is 14.3. The highest BCUT2D eigenvalue weighted by molar-refractivity contribution is 5.74. The fourth-order valence-corrected chi connectivity index (χ4v) is 2.95. The third kappa shape index (κ3) is 3.80. The number of carbonyl (C=O) groups excluding carboxylic acids is 1. The van der Waals surface area contributed by atoms with Crippen LogP contribution in [-0.2, 0) is 23.9 Å². The molecule has 2 aromatic rings. The van der Waals surface area contributed by atoms with E-state index in [4.69, 9.17) is 10.00 Å². The van der Waals surface area contributed by atoms with Crippen molar-refractivity contribution in [2.75, 3.05) is 19.7 Å². The number of urea groups is 1. The third-order valence-electron chi connectivity index (χ3n) is 4.38. The molecule has 1 saturated heterocycles. The van der Waals surface area contributed by atoms with E-state index in [1.54, 1.807) is 27.9 Å². The first-order valence-electron chi connectivity index (χ1n) is 8.15. The maximum Gasteiger partial charge on any atom is 0.317 e. The van der Waals surface area contributed by atoms with Crippen molar-refractivity contribution < 1.29 is 9.53 Å². The Kier molecular flexibility index (Phi) is 4.72. The van der Waals surface area contributed by atoms with Gasteiger partial charge in [-0.1, -0.05) is 12.1 Å². The number of aryl methyl sites for hydroxylation is 1. The minimum atomic E-state index is -0.565. The topological polar surface area (TPSA) is 83.2 Å². The van der Waals surface area contributed by atoms with Crippen LogP contribution in [0.3, 0.4) is 0 Å². The Morgan fingerprint density at radius 2 is 2.36 bits per heavy atom. The first kappa shape index (κ1) is 17.0. The number of rotatable bonds is 3. The Labute approximate surface area is 146 Å². The predicted molar refractivity (Wildman–Crippen MR) is 91.5 cm³/mol. The van der Waals surface area contributed by atoms with E-state index in [2.05, 4.69) is 16.5 Å². The van der Waals surface area contributed by atoms with Crippen molar-refractivity contribution in [3.05, 3.63) is 53.3 Å². The molecule has 0 saturated carbocycles. The van der Waals surface area contributed by atoms with Gasteiger partial charge in [-0.2, -0.15) is 10.4 Å². The van der Waals surface area contributed by atoms with Crippen LogP contribution >= 0.6 is 0 Å². The monoisotopic (exact) mass is 339 g/mol. The Hall–Kier alpha value is -2.85. The normalized spacial score (nSPS) is 20.1. The van der Waals surface area contributed by atoms with Gasteiger partial charge < -0.3 is 15.0 Å². The lowest BCUT2D eigenvalue weighted by Gasteiger charge is -2.40. The van der Waals surface area contributed by atoms with Gasteiger partial charge in [0.05, 0.1) is 31.0 Å². The zero-order chi connectivity index (χ0) is 17.9. The number of nitrogens with one attached hydrogen (secondary N) is 1. The van der Waals surface area contributed by atoms with E-state index in [0.29, 0.717) is 31.8 Å². The fourth-order valence-electron chi connectivity index (χ4n) is 2.95. The zero-order valence-electron chi connectivity index (χ0n) is 14.4. The van der Waals surface area contributed by atoms with E-state index in [9.17, 15) is 4.79 Å². The SMILES string of the molecule is Cn1cc(C2(C)CN(C(=O)NCc3cccc(C#N)c3)CCO2)cn1. The minimum Gasteiger partial charge on any atom is -0.367 e. The van der Waals surface area contributed by atoms with Crippen LogP contribution in [0.2, 0.25) is 0 Å². The van der Waals surface area contributed by atoms with E-state index in [1.807, 2.05) is 32.3 Å². The van der Waals surface area contributed by atoms with E-state index < -0.39 is 5.60 Å². The molecule has 7 nitrogen and oxygen atoms in total. The number of amides is 2. The van der Waals surface area contributed by atoms with Gasteiger partial charge in [-0.25, -0.2) is 4.79 Å². The standard InChI is InChI=1S/C18H21N5O2/c1-18(16-11-21-22(2)12-16)13-23(6-7-25-18)17(24)20-10-15-5-3-4-14(8-15)9-19/h3-5,8,11-12H,6-7,10,13H2,1-2H3,(H,20,24). The molecule has 25 heavy (non-hydrogen) atoms. The molecule has 1 aromatic carbocycles. The Morgan fingerprint density at radius 1 is 1.52 bits per heavy atom. The molecule has 2 amide bonds. The average molecular weight is 339 g/mol. The largest absolute Gasteiger partial charge is 0.367 e. The van der Waals surface area contributed by atoms with Crippen LogP contribution in [-0.4, -0.2) is 40.4 Å². The third-order valence-corrected chi connectivity index (χ3v) is 4.38. The molecule has 0 spiro atoms. The van der Waals surface area contributed by atoms with Gasteiger partial charge in [-0.15, -0.1) is 0 Å². The molecule has 0 bridgehead atoms. The van der Waals surface area contributed by atoms with E-state index in [0.717, 1.165) is 11.1 Å². The number of hydrogen-bond donors (Lipinski definition) is 1. The van der Waals surface area contributed by atoms with Gasteiger partial charge in [-0.3, -0.25) is 4.68 Å². The van der Waals surface area contributed by atoms with Crippen molar-refractivity contribution in [3.63, 3.8) is 0 Å². The van der Waals surface area contributed by atoms with Crippen molar-refractivity contribution in [3.8, 4) is 6.07 Å². The molecule has 130 valence electrons. The number of hydrogen-bond acceptors (Lipinski definition) is 4. The number of morpholine rings is 1. The highest BCUT2D eigenvalue weighted by atomic mass is 16.5. The molecule has 1 aromatic heterocycles. The molecular formula is C18H21N5O2. The van der Waals surface area contributed by atoms with Crippen molar-refractivity contribution in [1.29, 1.82) is 5.26 Å². The maximum absolute atomic E-state index is 12.5. The second-order valence-electron chi connectivity index (χ2n) is 6.37. The smallest absolute Gasteiger partial charge is 0.317 e. The zero-order valence-corrected chi connectivity index (χ0v) is 14.4. The number of ether oxygens (including phenoxy) is 1. The first-order valence-corrected chi connectivity index (χ1v) is 8.15. The summed E-state index contributed by atoms with van der Waals surface area (Å²) in [7, 11) is 1.86. The quantitative estimate of drug-likeness (QED) is 0.923. The van der Waals surface area contributed by atoms with Crippen LogP contribution in [0.25, 0.3) is 0 Å². The van der Waals surface area contributed by atoms with Gasteiger partial charge in [0, 0.05) is 31.9 Å². The van der Waals surface area contributed by atoms with Gasteiger partial charge in [0.2, 0.25) is 0 Å². The van der Waals surface area contributed by atoms with Crippen LogP contribution in [0.15, 0.2) is 36.7 Å². The minimum absolute atomic E-state index is 0.138. The lowest BCUT2D eigenvalue weighted by Crippen LogP contribution is -2.53. The molecule has 1 aliphatic heterocycles. The number of benzene rings is 1. The highest BCUT2D eigenvalue weighted by Gasteiger charge is 2.36. The summed E-state index contributed by atoms with van der Waals surface area (Å²) in [5.74, 6) is 0. The van der Waals surface area contributed by atoms with E-state index >= 15 is 0 Å². The summed E-state index contributed by atoms with van der Waals surface area (Å²) in [6, 6.07) is 9.19. The highest BCUT2D eigenvalue weighted by Crippen LogP contribution is 2.29. The van der Waals surface area contributed by atoms with Crippen LogP contribution in [0.4, 0.5) is 4.79 Å². The van der Waals surface area contributed by atoms with Crippen LogP contribution in [0.1, 0.15) is 23.6 Å². The Balaban J connectivity index is 1.63. The van der Waals surface area contributed by atoms with Crippen LogP contribution in [0.5, 0.6) is 0 Å². The molecule has 0 aliphatic carbocycles. The van der Waals surface area contributed by atoms with Crippen molar-refractivity contribution in [1.82, 2.24) is 20.0 Å². The molecular weight excluding hydrogens is 318 g/mol. The van der Waals surface area contributed by atoms with Crippen LogP contribution in [0, 0.1) is 11.3 Å². The van der Waals surface area contributed by atoms with Crippen molar-refractivity contribution >= 4 is 6.03 Å². The number of nitrogens with zero attached hydrogens (tertiary/aromatic N) is 4. The van der Waals surface area contributed by atoms with Crippen LogP contribution < -0.4 is 5.32 Å². The molecule has 1 unspecified atom stereocenters. The average Bonchev–Trinajstić information content (AvgIpc) is 3.07. The second kappa shape index (κ2) is 6.95. The van der Waals surface area contributed by atoms with Crippen molar-refractivity contribution in [2.24, 2.45) is 7.05 Å². The molecule has 1 N–H and O–H groups in total. The number of nitriles is 1. The van der Waals surface area contributed by atoms with E-state index in [1.165, 1.54) is 0 Å². The van der Waals surface area contributed by atoms with Gasteiger partial charge in [0.1, 0.15) is 5.60 Å². The van der Waals surface area contributed by atoms with Gasteiger partial charge in [0.15, 0.2) is 0 Å². The number of aromatic nitrogens is 2. The van der Waals surface area contributed by atoms with Gasteiger partial charge in [-0.05, 0) is 24.6 Å². The summed E-state index contributed by atoms with van der Waals surface area (Å²) in [5, 5.41) is 16.1. The Morgan fingerprint density at radius 3 is 3.08 bits per heavy atom. The molecule has 7 heteroatoms. The molecule has 1 fully saturated rings. The first-order chi connectivity index (χ1) is 12.0. The fraction of sp³-hybridized carbons (Fsp3) is 0.389. The van der Waals surface area contributed by atoms with Crippen molar-refractivity contribution in [2.45, 2.75) is 19.1 Å². The molecule has 2 heterocycles. The predicted octanol–water partition coefficient (Wildman–Crippen LogP) is 1.75. The molecule has 0 radical (unpaired) electrons. The van der Waals surface area contributed by atoms with Gasteiger partial charge in [0.25, 0.3) is 0 Å². The van der Waals surface area contributed by atoms with E-state index in [-0.39, 0.29) is 6.03 Å². The summed E-state index contributed by atoms with van der Waals surface area (Å²) in [5.41, 5.74) is 1.87. The Bertz CT molecular complexity index is 810. The summed E-state index contributed by atoms with van der Waals surface area (Å²) in [6.45, 7) is 3.83. The lowest BCUT2D eigenvalue weighted by atomic mass is 9.97. The summed E-state index contributed by atoms with van der Waals surface area (Å²) >= 11 is 0. The maximum atomic E-state index is 12.5. The second-order valence-corrected chi connectivity index (χ2v) is 6.37. The summed E-state index contributed by atoms with van der Waals surface area (Å²) < 4.78 is 7.65. The molecule has 1 atom stereocenters. The lowest BCUT2D eigenvalue weighted by molar-refractivity contribution is -0.0907. The van der Waals surface area contributed by atoms with Gasteiger partial charge >= 0.3 is 6.03 Å². The molecule has 1 aliphatic rings. The molecule has 3 rings (SSSR count). The number of carbonyl (C=O) groups is 1. The summed E-state index contributed by atoms with van der Waals surface area (Å²) in [6.07, 6.45) is 3.68.